The summed E-state index contributed by atoms with van der Waals surface area (Å²) in [4.78, 5) is 28.0. The largest absolute Gasteiger partial charge is 0.368 e. The second kappa shape index (κ2) is 9.64. The van der Waals surface area contributed by atoms with Gasteiger partial charge >= 0.3 is 0 Å². The van der Waals surface area contributed by atoms with Crippen LogP contribution in [-0.4, -0.2) is 48.1 Å². The highest BCUT2D eigenvalue weighted by atomic mass is 19.1. The maximum absolute atomic E-state index is 13.7. The van der Waals surface area contributed by atoms with Crippen molar-refractivity contribution in [2.75, 3.05) is 13.2 Å². The average molecular weight is 451 g/mol. The van der Waals surface area contributed by atoms with Gasteiger partial charge in [-0.3, -0.25) is 9.59 Å². The van der Waals surface area contributed by atoms with E-state index in [9.17, 15) is 14.0 Å². The Labute approximate surface area is 194 Å². The number of likely N-dealkylation sites (tertiary alicyclic amines) is 1. The number of carbonyl (C=O) groups excluding carboxylic acids is 2. The monoisotopic (exact) mass is 450 g/mol. The fourth-order valence-corrected chi connectivity index (χ4v) is 5.29. The van der Waals surface area contributed by atoms with Gasteiger partial charge in [0.2, 0.25) is 11.8 Å². The van der Waals surface area contributed by atoms with Gasteiger partial charge in [0, 0.05) is 19.1 Å². The molecule has 5 rings (SSSR count). The molecule has 5 nitrogen and oxygen atoms in total. The van der Waals surface area contributed by atoms with Gasteiger partial charge < -0.3 is 15.0 Å². The summed E-state index contributed by atoms with van der Waals surface area (Å²) in [7, 11) is 0. The van der Waals surface area contributed by atoms with E-state index in [1.165, 1.54) is 12.1 Å². The van der Waals surface area contributed by atoms with E-state index < -0.39 is 0 Å². The van der Waals surface area contributed by atoms with Crippen molar-refractivity contribution in [1.29, 1.82) is 0 Å². The molecule has 3 atom stereocenters. The highest BCUT2D eigenvalue weighted by molar-refractivity contribution is 5.83. The number of nitrogens with zero attached hydrogens (tertiary/aromatic N) is 1. The predicted octanol–water partition coefficient (Wildman–Crippen LogP) is 4.10. The lowest BCUT2D eigenvalue weighted by Gasteiger charge is -2.34. The van der Waals surface area contributed by atoms with Gasteiger partial charge in [-0.15, -0.1) is 0 Å². The molecule has 2 aliphatic heterocycles. The molecule has 0 aromatic heterocycles. The Bertz CT molecular complexity index is 1020. The van der Waals surface area contributed by atoms with Crippen LogP contribution >= 0.6 is 0 Å². The normalized spacial score (nSPS) is 25.1. The number of hydrogen-bond acceptors (Lipinski definition) is 3. The van der Waals surface area contributed by atoms with Crippen molar-refractivity contribution in [3.8, 4) is 11.1 Å². The van der Waals surface area contributed by atoms with Crippen molar-refractivity contribution in [3.63, 3.8) is 0 Å². The molecule has 2 amide bonds. The molecule has 1 unspecified atom stereocenters. The number of hydrogen-bond donors (Lipinski definition) is 1. The van der Waals surface area contributed by atoms with Crippen molar-refractivity contribution in [1.82, 2.24) is 10.2 Å². The summed E-state index contributed by atoms with van der Waals surface area (Å²) in [6.45, 7) is 1.30. The van der Waals surface area contributed by atoms with E-state index in [1.807, 2.05) is 29.2 Å². The van der Waals surface area contributed by atoms with Crippen molar-refractivity contribution >= 4 is 11.8 Å². The lowest BCUT2D eigenvalue weighted by atomic mass is 9.84. The third-order valence-corrected chi connectivity index (χ3v) is 7.36. The van der Waals surface area contributed by atoms with Crippen LogP contribution in [0.4, 0.5) is 4.39 Å². The summed E-state index contributed by atoms with van der Waals surface area (Å²) >= 11 is 0. The molecule has 174 valence electrons. The molecule has 2 aromatic carbocycles. The highest BCUT2D eigenvalue weighted by Crippen LogP contribution is 2.33. The molecule has 2 aromatic rings. The lowest BCUT2D eigenvalue weighted by molar-refractivity contribution is -0.140. The Morgan fingerprint density at radius 3 is 2.48 bits per heavy atom. The van der Waals surface area contributed by atoms with Gasteiger partial charge in [-0.25, -0.2) is 4.39 Å². The molecule has 6 heteroatoms. The Kier molecular flexibility index (Phi) is 6.45. The first-order valence-corrected chi connectivity index (χ1v) is 12.2. The van der Waals surface area contributed by atoms with Crippen molar-refractivity contribution in [3.05, 3.63) is 59.9 Å². The first-order valence-electron chi connectivity index (χ1n) is 12.2. The van der Waals surface area contributed by atoms with Crippen molar-refractivity contribution < 1.29 is 18.7 Å². The first kappa shape index (κ1) is 22.1. The van der Waals surface area contributed by atoms with E-state index >= 15 is 0 Å². The number of benzene rings is 2. The maximum atomic E-state index is 13.7. The smallest absolute Gasteiger partial charge is 0.249 e. The van der Waals surface area contributed by atoms with Gasteiger partial charge in [0.25, 0.3) is 0 Å². The zero-order chi connectivity index (χ0) is 22.8. The zero-order valence-electron chi connectivity index (χ0n) is 18.8. The minimum atomic E-state index is -0.377. The third-order valence-electron chi connectivity index (χ3n) is 7.36. The Morgan fingerprint density at radius 1 is 1.00 bits per heavy atom. The molecule has 3 fully saturated rings. The van der Waals surface area contributed by atoms with E-state index in [2.05, 4.69) is 11.4 Å². The van der Waals surface area contributed by atoms with E-state index in [-0.39, 0.29) is 41.7 Å². The maximum Gasteiger partial charge on any atom is 0.249 e. The van der Waals surface area contributed by atoms with Gasteiger partial charge in [-0.2, -0.15) is 0 Å². The summed E-state index contributed by atoms with van der Waals surface area (Å²) in [5.41, 5.74) is 2.85. The minimum Gasteiger partial charge on any atom is -0.368 e. The molecule has 0 bridgehead atoms. The van der Waals surface area contributed by atoms with E-state index in [0.29, 0.717) is 19.6 Å². The van der Waals surface area contributed by atoms with Crippen molar-refractivity contribution in [2.45, 2.75) is 63.1 Å². The number of amides is 2. The van der Waals surface area contributed by atoms with Crippen LogP contribution in [0, 0.1) is 11.7 Å². The molecule has 0 spiro atoms. The highest BCUT2D eigenvalue weighted by Gasteiger charge is 2.42. The topological polar surface area (TPSA) is 58.6 Å². The average Bonchev–Trinajstić information content (AvgIpc) is 3.44. The SMILES string of the molecule is O=C(N[C@@H]1CCN(C(=O)C2CCC2)[C@@H]1Cc1cccc(-c2cccc(F)c2)c1)C1CCCO1. The zero-order valence-corrected chi connectivity index (χ0v) is 18.8. The van der Waals surface area contributed by atoms with Crippen LogP contribution in [0.25, 0.3) is 11.1 Å². The van der Waals surface area contributed by atoms with Crippen LogP contribution in [0.1, 0.15) is 44.1 Å². The first-order chi connectivity index (χ1) is 16.1. The Hall–Kier alpha value is -2.73. The quantitative estimate of drug-likeness (QED) is 0.721. The van der Waals surface area contributed by atoms with Crippen LogP contribution in [-0.2, 0) is 20.7 Å². The van der Waals surface area contributed by atoms with Gasteiger partial charge in [-0.1, -0.05) is 42.8 Å². The Morgan fingerprint density at radius 2 is 1.79 bits per heavy atom. The van der Waals surface area contributed by atoms with Crippen LogP contribution in [0.15, 0.2) is 48.5 Å². The molecule has 3 aliphatic rings. The van der Waals surface area contributed by atoms with Gasteiger partial charge in [0.15, 0.2) is 0 Å². The number of ether oxygens (including phenoxy) is 1. The molecular weight excluding hydrogens is 419 g/mol. The van der Waals surface area contributed by atoms with Crippen LogP contribution < -0.4 is 5.32 Å². The predicted molar refractivity (Wildman–Crippen MR) is 124 cm³/mol. The third kappa shape index (κ3) is 4.81. The molecule has 2 heterocycles. The van der Waals surface area contributed by atoms with Gasteiger partial charge in [-0.05, 0) is 67.3 Å². The fourth-order valence-electron chi connectivity index (χ4n) is 5.29. The minimum absolute atomic E-state index is 0.0612. The number of rotatable bonds is 6. The second-order valence-electron chi connectivity index (χ2n) is 9.55. The molecule has 1 N–H and O–H groups in total. The summed E-state index contributed by atoms with van der Waals surface area (Å²) in [6.07, 6.45) is 5.73. The number of nitrogens with one attached hydrogen (secondary N) is 1. The summed E-state index contributed by atoms with van der Waals surface area (Å²) in [6, 6.07) is 14.5. The van der Waals surface area contributed by atoms with Gasteiger partial charge in [0.05, 0.1) is 12.1 Å². The molecule has 2 saturated heterocycles. The molecule has 1 aliphatic carbocycles. The van der Waals surface area contributed by atoms with E-state index in [4.69, 9.17) is 4.74 Å². The number of carbonyl (C=O) groups is 2. The molecule has 1 saturated carbocycles. The standard InChI is InChI=1S/C27H31FN2O3/c28-22-10-3-9-21(17-22)20-8-1-5-18(15-20)16-24-23(29-26(31)25-11-4-14-33-25)12-13-30(24)27(32)19-6-2-7-19/h1,3,5,8-10,15,17,19,23-25H,2,4,6-7,11-14,16H2,(H,29,31)/t23-,24-,25?/m1/s1. The molecular formula is C27H31FN2O3. The lowest BCUT2D eigenvalue weighted by Crippen LogP contribution is -2.51. The second-order valence-corrected chi connectivity index (χ2v) is 9.55. The van der Waals surface area contributed by atoms with E-state index in [0.717, 1.165) is 55.2 Å². The summed E-state index contributed by atoms with van der Waals surface area (Å²) < 4.78 is 19.3. The summed E-state index contributed by atoms with van der Waals surface area (Å²) in [5, 5.41) is 3.20. The number of halogens is 1. The van der Waals surface area contributed by atoms with Gasteiger partial charge in [0.1, 0.15) is 11.9 Å². The van der Waals surface area contributed by atoms with E-state index in [1.54, 1.807) is 6.07 Å². The molecule has 33 heavy (non-hydrogen) atoms. The van der Waals surface area contributed by atoms with Crippen LogP contribution in [0.2, 0.25) is 0 Å². The van der Waals surface area contributed by atoms with Crippen LogP contribution in [0.5, 0.6) is 0 Å². The van der Waals surface area contributed by atoms with Crippen LogP contribution in [0.3, 0.4) is 0 Å². The molecule has 0 radical (unpaired) electrons. The Balaban J connectivity index is 1.36. The summed E-state index contributed by atoms with van der Waals surface area (Å²) in [5.74, 6) is 0.0250. The fraction of sp³-hybridized carbons (Fsp3) is 0.481. The van der Waals surface area contributed by atoms with Crippen molar-refractivity contribution in [2.24, 2.45) is 5.92 Å².